The van der Waals surface area contributed by atoms with Gasteiger partial charge in [0, 0.05) is 22.4 Å². The fourth-order valence-electron chi connectivity index (χ4n) is 4.18. The predicted molar refractivity (Wildman–Crippen MR) is 146 cm³/mol. The van der Waals surface area contributed by atoms with Crippen LogP contribution in [0.3, 0.4) is 0 Å². The second-order valence-electron chi connectivity index (χ2n) is 8.42. The van der Waals surface area contributed by atoms with Crippen molar-refractivity contribution < 1.29 is 31.8 Å². The number of carboxylic acids is 1. The van der Waals surface area contributed by atoms with Gasteiger partial charge in [-0.2, -0.15) is 13.0 Å². The smallest absolute Gasteiger partial charge is 0.370 e. The molecule has 12 heteroatoms. The number of fused-ring (bicyclic) bond motifs is 2. The number of hydrogen-bond acceptors (Lipinski definition) is 7. The molecule has 0 fully saturated rings. The highest BCUT2D eigenvalue weighted by Crippen LogP contribution is 2.47. The molecule has 37 heavy (non-hydrogen) atoms. The maximum atomic E-state index is 14.1. The minimum absolute atomic E-state index is 0.215. The second kappa shape index (κ2) is 10.5. The Kier molecular flexibility index (Phi) is 7.37. The quantitative estimate of drug-likeness (QED) is 0.149. The van der Waals surface area contributed by atoms with Crippen LogP contribution < -0.4 is 9.47 Å². The molecule has 2 N–H and O–H groups in total. The van der Waals surface area contributed by atoms with E-state index < -0.39 is 16.1 Å². The standard InChI is InChI=1S/C25H21FN2O5S4/c26-17-6-8-22-19(13-17)27(9-1-2-11-37(31,32)33)23(35-22)14-24-28(15-25(29)30)18-12-16(5-7-21(18)36-24)20-4-3-10-34-20/h3-8,10,12-14H,1-2,9,11,15H2,(H-,29,30,31,32,33)/p+1. The van der Waals surface area contributed by atoms with Crippen LogP contribution in [0.15, 0.2) is 63.8 Å². The number of nitrogens with zero attached hydrogens (tertiary/aromatic N) is 2. The van der Waals surface area contributed by atoms with Crippen LogP contribution in [0.2, 0.25) is 0 Å². The number of benzene rings is 2. The van der Waals surface area contributed by atoms with Crippen molar-refractivity contribution >= 4 is 72.5 Å². The molecule has 0 radical (unpaired) electrons. The summed E-state index contributed by atoms with van der Waals surface area (Å²) in [5, 5.41) is 13.2. The molecule has 2 aromatic heterocycles. The number of thiophene rings is 1. The minimum atomic E-state index is -4.06. The third kappa shape index (κ3) is 5.88. The average Bonchev–Trinajstić information content (AvgIpc) is 3.55. The van der Waals surface area contributed by atoms with Gasteiger partial charge in [-0.15, -0.1) is 11.3 Å². The Morgan fingerprint density at radius 2 is 1.97 bits per heavy atom. The molecule has 0 aliphatic carbocycles. The van der Waals surface area contributed by atoms with Gasteiger partial charge in [0.25, 0.3) is 15.1 Å². The van der Waals surface area contributed by atoms with E-state index in [4.69, 9.17) is 4.55 Å². The van der Waals surface area contributed by atoms with E-state index in [1.165, 1.54) is 35.2 Å². The monoisotopic (exact) mass is 577 g/mol. The molecule has 1 aliphatic heterocycles. The first-order chi connectivity index (χ1) is 17.7. The van der Waals surface area contributed by atoms with Gasteiger partial charge in [-0.1, -0.05) is 35.2 Å². The van der Waals surface area contributed by atoms with E-state index in [-0.39, 0.29) is 24.5 Å². The van der Waals surface area contributed by atoms with Crippen molar-refractivity contribution in [2.75, 3.05) is 17.2 Å². The number of carboxylic acid groups (broad SMARTS) is 1. The number of thioether (sulfide) groups is 1. The van der Waals surface area contributed by atoms with Crippen LogP contribution in [0.25, 0.3) is 26.7 Å². The molecule has 0 bridgehead atoms. The van der Waals surface area contributed by atoms with Gasteiger partial charge in [-0.25, -0.2) is 9.18 Å². The molecule has 0 atom stereocenters. The average molecular weight is 578 g/mol. The number of thiazole rings is 1. The molecule has 5 rings (SSSR count). The van der Waals surface area contributed by atoms with Crippen molar-refractivity contribution in [3.05, 3.63) is 69.8 Å². The molecular weight excluding hydrogens is 556 g/mol. The zero-order valence-electron chi connectivity index (χ0n) is 19.3. The van der Waals surface area contributed by atoms with Crippen molar-refractivity contribution in [1.82, 2.24) is 0 Å². The molecule has 192 valence electrons. The van der Waals surface area contributed by atoms with Gasteiger partial charge < -0.3 is 10.0 Å². The topological polar surface area (TPSA) is 98.8 Å². The van der Waals surface area contributed by atoms with Crippen LogP contribution >= 0.6 is 34.4 Å². The van der Waals surface area contributed by atoms with E-state index in [9.17, 15) is 22.7 Å². The maximum absolute atomic E-state index is 14.1. The summed E-state index contributed by atoms with van der Waals surface area (Å²) in [6.45, 7) is 0.199. The summed E-state index contributed by atoms with van der Waals surface area (Å²) in [6.07, 6.45) is 2.62. The van der Waals surface area contributed by atoms with E-state index in [2.05, 4.69) is 0 Å². The van der Waals surface area contributed by atoms with Gasteiger partial charge in [-0.3, -0.25) is 4.55 Å². The lowest BCUT2D eigenvalue weighted by Crippen LogP contribution is -2.39. The fraction of sp³-hybridized carbons (Fsp3) is 0.200. The lowest BCUT2D eigenvalue weighted by atomic mass is 10.2. The lowest BCUT2D eigenvalue weighted by molar-refractivity contribution is -0.657. The van der Waals surface area contributed by atoms with Crippen molar-refractivity contribution in [3.63, 3.8) is 0 Å². The molecule has 4 aromatic rings. The van der Waals surface area contributed by atoms with Crippen LogP contribution in [-0.4, -0.2) is 36.3 Å². The normalized spacial score (nSPS) is 14.5. The summed E-state index contributed by atoms with van der Waals surface area (Å²) in [4.78, 5) is 15.7. The van der Waals surface area contributed by atoms with Gasteiger partial charge in [0.05, 0.1) is 22.5 Å². The van der Waals surface area contributed by atoms with Crippen LogP contribution in [-0.2, 0) is 21.5 Å². The molecule has 1 aliphatic rings. The minimum Gasteiger partial charge on any atom is -0.477 e. The number of carbonyl (C=O) groups is 1. The molecule has 0 amide bonds. The number of unbranched alkanes of at least 4 members (excludes halogenated alkanes) is 1. The van der Waals surface area contributed by atoms with Gasteiger partial charge >= 0.3 is 5.97 Å². The molecular formula is C25H22FN2O5S4+. The summed E-state index contributed by atoms with van der Waals surface area (Å²) >= 11 is 4.54. The van der Waals surface area contributed by atoms with Gasteiger partial charge in [0.15, 0.2) is 0 Å². The highest BCUT2D eigenvalue weighted by Gasteiger charge is 2.29. The van der Waals surface area contributed by atoms with Crippen molar-refractivity contribution in [3.8, 4) is 10.4 Å². The first-order valence-electron chi connectivity index (χ1n) is 11.3. The largest absolute Gasteiger partial charge is 0.477 e. The summed E-state index contributed by atoms with van der Waals surface area (Å²) < 4.78 is 48.1. The molecule has 0 spiro atoms. The third-order valence-electron chi connectivity index (χ3n) is 5.80. The molecule has 0 unspecified atom stereocenters. The maximum Gasteiger partial charge on any atom is 0.370 e. The van der Waals surface area contributed by atoms with Crippen molar-refractivity contribution in [2.24, 2.45) is 0 Å². The number of aromatic nitrogens is 1. The lowest BCUT2D eigenvalue weighted by Gasteiger charge is -2.20. The second-order valence-corrected chi connectivity index (χ2v) is 13.1. The Hall–Kier alpha value is -2.77. The molecule has 3 heterocycles. The SMILES string of the molecule is O=C(O)C[n+]1c(C=C2Sc3ccc(F)cc3N2CCCCS(=O)(=O)O)sc2ccc(-c3cccs3)cc21. The van der Waals surface area contributed by atoms with E-state index in [1.54, 1.807) is 22.0 Å². The van der Waals surface area contributed by atoms with E-state index >= 15 is 0 Å². The number of hydrogen-bond donors (Lipinski definition) is 2. The summed E-state index contributed by atoms with van der Waals surface area (Å²) in [5.74, 6) is -1.69. The highest BCUT2D eigenvalue weighted by atomic mass is 32.2. The zero-order valence-corrected chi connectivity index (χ0v) is 22.6. The third-order valence-corrected chi connectivity index (χ3v) is 9.75. The molecule has 0 saturated heterocycles. The van der Waals surface area contributed by atoms with Crippen LogP contribution in [0, 0.1) is 5.82 Å². The Morgan fingerprint density at radius 1 is 1.14 bits per heavy atom. The molecule has 7 nitrogen and oxygen atoms in total. The first kappa shape index (κ1) is 25.9. The van der Waals surface area contributed by atoms with E-state index in [1.807, 2.05) is 46.7 Å². The van der Waals surface area contributed by atoms with Gasteiger partial charge in [0.1, 0.15) is 10.5 Å². The summed E-state index contributed by atoms with van der Waals surface area (Å²) in [7, 11) is -4.06. The number of anilines is 1. The first-order valence-corrected chi connectivity index (χ1v) is 15.4. The van der Waals surface area contributed by atoms with Gasteiger partial charge in [-0.05, 0) is 54.1 Å². The Bertz CT molecular complexity index is 1610. The van der Waals surface area contributed by atoms with E-state index in [0.29, 0.717) is 18.7 Å². The van der Waals surface area contributed by atoms with Gasteiger partial charge in [0.2, 0.25) is 12.1 Å². The summed E-state index contributed by atoms with van der Waals surface area (Å²) in [6, 6.07) is 14.5. The van der Waals surface area contributed by atoms with Crippen LogP contribution in [0.5, 0.6) is 0 Å². The van der Waals surface area contributed by atoms with Crippen LogP contribution in [0.4, 0.5) is 10.1 Å². The van der Waals surface area contributed by atoms with Crippen molar-refractivity contribution in [2.45, 2.75) is 24.3 Å². The Morgan fingerprint density at radius 3 is 2.70 bits per heavy atom. The summed E-state index contributed by atoms with van der Waals surface area (Å²) in [5.41, 5.74) is 2.50. The number of aliphatic carboxylic acids is 1. The number of halogens is 1. The van der Waals surface area contributed by atoms with E-state index in [0.717, 1.165) is 35.6 Å². The molecule has 0 saturated carbocycles. The highest BCUT2D eigenvalue weighted by molar-refractivity contribution is 8.03. The predicted octanol–water partition coefficient (Wildman–Crippen LogP) is 5.72. The molecule has 2 aromatic carbocycles. The Balaban J connectivity index is 1.54. The van der Waals surface area contributed by atoms with Crippen LogP contribution in [0.1, 0.15) is 17.8 Å². The number of rotatable bonds is 9. The zero-order chi connectivity index (χ0) is 26.2. The fourth-order valence-corrected chi connectivity index (χ4v) is 7.73. The Labute approximate surface area is 225 Å². The van der Waals surface area contributed by atoms with Crippen molar-refractivity contribution in [1.29, 1.82) is 0 Å².